The van der Waals surface area contributed by atoms with E-state index in [1.807, 2.05) is 65.8 Å². The third kappa shape index (κ3) is 4.22. The summed E-state index contributed by atoms with van der Waals surface area (Å²) in [5, 5.41) is 0. The molecule has 1 aromatic rings. The first-order valence-corrected chi connectivity index (χ1v) is 6.23. The Labute approximate surface area is 105 Å². The highest BCUT2D eigenvalue weighted by molar-refractivity contribution is 5.82. The van der Waals surface area contributed by atoms with Crippen molar-refractivity contribution < 1.29 is 9.53 Å². The molecule has 0 atom stereocenters. The number of hydrogen-bond donors (Lipinski definition) is 0. The Morgan fingerprint density at radius 3 is 2.06 bits per heavy atom. The molecule has 0 spiro atoms. The van der Waals surface area contributed by atoms with Gasteiger partial charge in [0, 0.05) is 0 Å². The second-order valence-corrected chi connectivity index (χ2v) is 4.21. The molecule has 1 aromatic carbocycles. The van der Waals surface area contributed by atoms with E-state index in [0.717, 1.165) is 5.56 Å². The highest BCUT2D eigenvalue weighted by Gasteiger charge is 2.30. The summed E-state index contributed by atoms with van der Waals surface area (Å²) in [4.78, 5) is 11.7. The Hall–Kier alpha value is -1.31. The lowest BCUT2D eigenvalue weighted by atomic mass is 9.84. The zero-order valence-corrected chi connectivity index (χ0v) is 11.8. The highest BCUT2D eigenvalue weighted by atomic mass is 16.5. The summed E-state index contributed by atoms with van der Waals surface area (Å²) in [7, 11) is 0. The molecule has 0 bridgehead atoms. The fraction of sp³-hybridized carbons (Fsp3) is 0.533. The van der Waals surface area contributed by atoms with Gasteiger partial charge in [-0.1, -0.05) is 43.7 Å². The van der Waals surface area contributed by atoms with Crippen LogP contribution in [0.15, 0.2) is 24.3 Å². The number of benzene rings is 1. The summed E-state index contributed by atoms with van der Waals surface area (Å²) in [6.07, 6.45) is 0. The smallest absolute Gasteiger partial charge is 0.315 e. The van der Waals surface area contributed by atoms with E-state index >= 15 is 0 Å². The van der Waals surface area contributed by atoms with Crippen LogP contribution in [0.25, 0.3) is 0 Å². The number of ether oxygens (including phenoxy) is 1. The van der Waals surface area contributed by atoms with Gasteiger partial charge in [0.05, 0.1) is 12.0 Å². The van der Waals surface area contributed by atoms with Crippen molar-refractivity contribution in [2.45, 2.75) is 47.0 Å². The first-order chi connectivity index (χ1) is 7.98. The molecule has 0 heterocycles. The zero-order chi connectivity index (χ0) is 13.5. The summed E-state index contributed by atoms with van der Waals surface area (Å²) in [6, 6.07) is 7.98. The summed E-state index contributed by atoms with van der Waals surface area (Å²) < 4.78 is 5.05. The molecule has 2 nitrogen and oxygen atoms in total. The van der Waals surface area contributed by atoms with Crippen molar-refractivity contribution in [3.63, 3.8) is 0 Å². The minimum absolute atomic E-state index is 0.172. The van der Waals surface area contributed by atoms with Gasteiger partial charge >= 0.3 is 5.97 Å². The number of esters is 1. The summed E-state index contributed by atoms with van der Waals surface area (Å²) in [5.41, 5.74) is 1.62. The van der Waals surface area contributed by atoms with Gasteiger partial charge in [0.25, 0.3) is 0 Å². The van der Waals surface area contributed by atoms with Crippen molar-refractivity contribution in [1.82, 2.24) is 0 Å². The molecule has 0 amide bonds. The molecule has 0 unspecified atom stereocenters. The Kier molecular flexibility index (Phi) is 6.55. The molecule has 0 saturated heterocycles. The van der Waals surface area contributed by atoms with E-state index in [1.54, 1.807) is 0 Å². The van der Waals surface area contributed by atoms with E-state index in [4.69, 9.17) is 4.74 Å². The number of aryl methyl sites for hydroxylation is 1. The topological polar surface area (TPSA) is 26.3 Å². The number of rotatable bonds is 3. The molecule has 0 fully saturated rings. The third-order valence-electron chi connectivity index (χ3n) is 2.56. The minimum Gasteiger partial charge on any atom is -0.465 e. The van der Waals surface area contributed by atoms with Crippen molar-refractivity contribution >= 4 is 5.97 Å². The van der Waals surface area contributed by atoms with Crippen LogP contribution >= 0.6 is 0 Å². The van der Waals surface area contributed by atoms with Crippen LogP contribution in [0.1, 0.15) is 45.7 Å². The molecule has 0 N–H and O–H groups in total. The lowest BCUT2D eigenvalue weighted by Gasteiger charge is -2.22. The largest absolute Gasteiger partial charge is 0.465 e. The van der Waals surface area contributed by atoms with Crippen molar-refractivity contribution in [3.8, 4) is 0 Å². The Morgan fingerprint density at radius 1 is 1.18 bits per heavy atom. The molecule has 17 heavy (non-hydrogen) atoms. The summed E-state index contributed by atoms with van der Waals surface area (Å²) >= 11 is 0. The second kappa shape index (κ2) is 7.10. The van der Waals surface area contributed by atoms with Gasteiger partial charge in [-0.2, -0.15) is 0 Å². The average Bonchev–Trinajstić information content (AvgIpc) is 2.32. The van der Waals surface area contributed by atoms with E-state index in [-0.39, 0.29) is 5.97 Å². The Balaban J connectivity index is 0.00000121. The van der Waals surface area contributed by atoms with Gasteiger partial charge in [0.1, 0.15) is 0 Å². The van der Waals surface area contributed by atoms with Crippen LogP contribution in [0, 0.1) is 6.92 Å². The quantitative estimate of drug-likeness (QED) is 0.745. The average molecular weight is 236 g/mol. The third-order valence-corrected chi connectivity index (χ3v) is 2.56. The minimum atomic E-state index is -0.566. The van der Waals surface area contributed by atoms with Gasteiger partial charge in [0.15, 0.2) is 0 Å². The molecular weight excluding hydrogens is 212 g/mol. The Bertz CT molecular complexity index is 336. The van der Waals surface area contributed by atoms with Gasteiger partial charge < -0.3 is 4.74 Å². The van der Waals surface area contributed by atoms with E-state index in [2.05, 4.69) is 0 Å². The standard InChI is InChI=1S/C13H18O2.C2H6/c1-5-15-12(14)13(3,4)11-8-6-10(2)7-9-11;1-2/h6-9H,5H2,1-4H3;1-2H3. The molecule has 0 aliphatic rings. The lowest BCUT2D eigenvalue weighted by molar-refractivity contribution is -0.148. The molecule has 0 aliphatic heterocycles. The maximum Gasteiger partial charge on any atom is 0.315 e. The first-order valence-electron chi connectivity index (χ1n) is 6.23. The van der Waals surface area contributed by atoms with Crippen molar-refractivity contribution in [2.75, 3.05) is 6.61 Å². The molecule has 0 saturated carbocycles. The molecular formula is C15H24O2. The van der Waals surface area contributed by atoms with Crippen LogP contribution in [0.5, 0.6) is 0 Å². The van der Waals surface area contributed by atoms with E-state index in [0.29, 0.717) is 6.61 Å². The number of carbonyl (C=O) groups is 1. The fourth-order valence-corrected chi connectivity index (χ4v) is 1.40. The first kappa shape index (κ1) is 15.7. The van der Waals surface area contributed by atoms with Crippen molar-refractivity contribution in [3.05, 3.63) is 35.4 Å². The predicted molar refractivity (Wildman–Crippen MR) is 72.2 cm³/mol. The Morgan fingerprint density at radius 2 is 1.65 bits per heavy atom. The summed E-state index contributed by atoms with van der Waals surface area (Å²) in [5.74, 6) is -0.172. The maximum atomic E-state index is 11.7. The van der Waals surface area contributed by atoms with Crippen LogP contribution in [-0.4, -0.2) is 12.6 Å². The van der Waals surface area contributed by atoms with Gasteiger partial charge in [-0.3, -0.25) is 4.79 Å². The summed E-state index contributed by atoms with van der Waals surface area (Å²) in [6.45, 7) is 12.0. The van der Waals surface area contributed by atoms with Crippen LogP contribution in [-0.2, 0) is 14.9 Å². The number of carbonyl (C=O) groups excluding carboxylic acids is 1. The monoisotopic (exact) mass is 236 g/mol. The predicted octanol–water partition coefficient (Wildman–Crippen LogP) is 3.86. The zero-order valence-electron chi connectivity index (χ0n) is 11.8. The van der Waals surface area contributed by atoms with Crippen LogP contribution in [0.2, 0.25) is 0 Å². The number of hydrogen-bond acceptors (Lipinski definition) is 2. The molecule has 0 radical (unpaired) electrons. The van der Waals surface area contributed by atoms with Gasteiger partial charge in [-0.25, -0.2) is 0 Å². The van der Waals surface area contributed by atoms with Crippen LogP contribution < -0.4 is 0 Å². The maximum absolute atomic E-state index is 11.7. The normalized spacial score (nSPS) is 10.2. The highest BCUT2D eigenvalue weighted by Crippen LogP contribution is 2.24. The molecule has 96 valence electrons. The lowest BCUT2D eigenvalue weighted by Crippen LogP contribution is -2.31. The van der Waals surface area contributed by atoms with Gasteiger partial charge in [0.2, 0.25) is 0 Å². The van der Waals surface area contributed by atoms with Crippen molar-refractivity contribution in [2.24, 2.45) is 0 Å². The second-order valence-electron chi connectivity index (χ2n) is 4.21. The van der Waals surface area contributed by atoms with Gasteiger partial charge in [-0.05, 0) is 33.3 Å². The molecule has 0 aromatic heterocycles. The van der Waals surface area contributed by atoms with E-state index < -0.39 is 5.41 Å². The molecule has 0 aliphatic carbocycles. The van der Waals surface area contributed by atoms with E-state index in [9.17, 15) is 4.79 Å². The van der Waals surface area contributed by atoms with Crippen molar-refractivity contribution in [1.29, 1.82) is 0 Å². The molecule has 2 heteroatoms. The SMILES string of the molecule is CC.CCOC(=O)C(C)(C)c1ccc(C)cc1. The van der Waals surface area contributed by atoms with Crippen LogP contribution in [0.4, 0.5) is 0 Å². The van der Waals surface area contributed by atoms with Crippen LogP contribution in [0.3, 0.4) is 0 Å². The van der Waals surface area contributed by atoms with E-state index in [1.165, 1.54) is 5.56 Å². The van der Waals surface area contributed by atoms with Gasteiger partial charge in [-0.15, -0.1) is 0 Å². The fourth-order valence-electron chi connectivity index (χ4n) is 1.40. The molecule has 1 rings (SSSR count).